The minimum Gasteiger partial charge on any atom is -0.346 e. The lowest BCUT2D eigenvalue weighted by Gasteiger charge is -2.25. The van der Waals surface area contributed by atoms with Gasteiger partial charge in [0, 0.05) is 26.2 Å². The van der Waals surface area contributed by atoms with Crippen molar-refractivity contribution >= 4 is 32.7 Å². The highest BCUT2D eigenvalue weighted by molar-refractivity contribution is 7.22. The van der Waals surface area contributed by atoms with Crippen LogP contribution in [0.5, 0.6) is 0 Å². The molecule has 0 aliphatic carbocycles. The highest BCUT2D eigenvalue weighted by atomic mass is 32.1. The molecule has 1 amide bonds. The number of carbonyl (C=O) groups is 1. The maximum atomic E-state index is 13.4. The first-order valence-corrected chi connectivity index (χ1v) is 12.0. The lowest BCUT2D eigenvalue weighted by Crippen LogP contribution is -2.37. The van der Waals surface area contributed by atoms with Crippen molar-refractivity contribution in [3.05, 3.63) is 71.7 Å². The zero-order valence-electron chi connectivity index (χ0n) is 18.7. The lowest BCUT2D eigenvalue weighted by molar-refractivity contribution is -0.132. The monoisotopic (exact) mass is 463 g/mol. The summed E-state index contributed by atoms with van der Waals surface area (Å²) in [5.41, 5.74) is 3.53. The molecule has 0 bridgehead atoms. The molecular weight excluding hydrogens is 437 g/mol. The van der Waals surface area contributed by atoms with Gasteiger partial charge in [0.25, 0.3) is 0 Å². The number of anilines is 1. The predicted molar refractivity (Wildman–Crippen MR) is 130 cm³/mol. The summed E-state index contributed by atoms with van der Waals surface area (Å²) in [6, 6.07) is 16.2. The normalized spacial score (nSPS) is 15.6. The van der Waals surface area contributed by atoms with Crippen LogP contribution in [0.1, 0.15) is 30.5 Å². The Morgan fingerprint density at radius 1 is 1.03 bits per heavy atom. The van der Waals surface area contributed by atoms with Gasteiger partial charge >= 0.3 is 0 Å². The topological polar surface area (TPSA) is 54.3 Å². The van der Waals surface area contributed by atoms with Gasteiger partial charge in [-0.1, -0.05) is 41.7 Å². The molecule has 2 aromatic heterocycles. The van der Waals surface area contributed by atoms with E-state index in [1.807, 2.05) is 49.1 Å². The SMILES string of the molecule is Cc1nn(-c2ccc(F)cc2)c2nc(N3CCCN(C(=O)[C@@H](C)c4ccccc4)CC3)sc12. The molecule has 1 aliphatic rings. The van der Waals surface area contributed by atoms with Crippen LogP contribution in [0, 0.1) is 12.7 Å². The second-order valence-corrected chi connectivity index (χ2v) is 9.40. The number of hydrogen-bond donors (Lipinski definition) is 0. The second-order valence-electron chi connectivity index (χ2n) is 8.42. The molecule has 170 valence electrons. The van der Waals surface area contributed by atoms with Gasteiger partial charge in [-0.25, -0.2) is 9.07 Å². The smallest absolute Gasteiger partial charge is 0.229 e. The van der Waals surface area contributed by atoms with Gasteiger partial charge in [-0.3, -0.25) is 4.79 Å². The number of nitrogens with zero attached hydrogens (tertiary/aromatic N) is 5. The molecule has 0 spiro atoms. The number of carbonyl (C=O) groups excluding carboxylic acids is 1. The van der Waals surface area contributed by atoms with Crippen LogP contribution in [0.15, 0.2) is 54.6 Å². The number of fused-ring (bicyclic) bond motifs is 1. The van der Waals surface area contributed by atoms with E-state index in [9.17, 15) is 9.18 Å². The number of benzene rings is 2. The second kappa shape index (κ2) is 8.94. The number of rotatable bonds is 4. The number of amides is 1. The summed E-state index contributed by atoms with van der Waals surface area (Å²) in [6.45, 7) is 6.97. The van der Waals surface area contributed by atoms with Gasteiger partial charge in [0.1, 0.15) is 5.82 Å². The van der Waals surface area contributed by atoms with Crippen molar-refractivity contribution in [2.45, 2.75) is 26.2 Å². The molecule has 0 saturated carbocycles. The van der Waals surface area contributed by atoms with Gasteiger partial charge in [0.05, 0.1) is 22.0 Å². The van der Waals surface area contributed by atoms with Crippen LogP contribution in [0.3, 0.4) is 0 Å². The van der Waals surface area contributed by atoms with Crippen molar-refractivity contribution in [3.8, 4) is 5.69 Å². The Hall–Kier alpha value is -3.26. The number of hydrogen-bond acceptors (Lipinski definition) is 5. The molecule has 0 unspecified atom stereocenters. The highest BCUT2D eigenvalue weighted by Crippen LogP contribution is 2.33. The first kappa shape index (κ1) is 21.6. The maximum absolute atomic E-state index is 13.4. The summed E-state index contributed by atoms with van der Waals surface area (Å²) < 4.78 is 16.2. The van der Waals surface area contributed by atoms with E-state index >= 15 is 0 Å². The van der Waals surface area contributed by atoms with E-state index in [4.69, 9.17) is 4.98 Å². The third kappa shape index (κ3) is 4.23. The molecular formula is C25H26FN5OS. The van der Waals surface area contributed by atoms with E-state index in [0.29, 0.717) is 6.54 Å². The Kier molecular flexibility index (Phi) is 5.85. The van der Waals surface area contributed by atoms with Crippen molar-refractivity contribution in [3.63, 3.8) is 0 Å². The third-order valence-electron chi connectivity index (χ3n) is 6.20. The number of thiazole rings is 1. The Morgan fingerprint density at radius 3 is 2.55 bits per heavy atom. The quantitative estimate of drug-likeness (QED) is 0.437. The van der Waals surface area contributed by atoms with Crippen LogP contribution < -0.4 is 4.90 Å². The van der Waals surface area contributed by atoms with Gasteiger partial charge in [-0.15, -0.1) is 0 Å². The van der Waals surface area contributed by atoms with E-state index in [2.05, 4.69) is 10.00 Å². The van der Waals surface area contributed by atoms with Gasteiger partial charge < -0.3 is 9.80 Å². The van der Waals surface area contributed by atoms with Crippen LogP contribution >= 0.6 is 11.3 Å². The van der Waals surface area contributed by atoms with Crippen molar-refractivity contribution in [1.29, 1.82) is 0 Å². The summed E-state index contributed by atoms with van der Waals surface area (Å²) in [7, 11) is 0. The minimum absolute atomic E-state index is 0.149. The lowest BCUT2D eigenvalue weighted by atomic mass is 10.00. The van der Waals surface area contributed by atoms with Crippen LogP contribution in [0.25, 0.3) is 16.0 Å². The fourth-order valence-electron chi connectivity index (χ4n) is 4.31. The van der Waals surface area contributed by atoms with Crippen LogP contribution in [0.4, 0.5) is 9.52 Å². The highest BCUT2D eigenvalue weighted by Gasteiger charge is 2.26. The Morgan fingerprint density at radius 2 is 1.79 bits per heavy atom. The van der Waals surface area contributed by atoms with Crippen molar-refractivity contribution in [2.24, 2.45) is 0 Å². The molecule has 4 aromatic rings. The van der Waals surface area contributed by atoms with Gasteiger partial charge in [-0.2, -0.15) is 10.1 Å². The summed E-state index contributed by atoms with van der Waals surface area (Å²) >= 11 is 1.63. The van der Waals surface area contributed by atoms with E-state index in [-0.39, 0.29) is 17.6 Å². The minimum atomic E-state index is -0.275. The number of aryl methyl sites for hydroxylation is 1. The molecule has 5 rings (SSSR count). The van der Waals surface area contributed by atoms with Crippen molar-refractivity contribution in [1.82, 2.24) is 19.7 Å². The van der Waals surface area contributed by atoms with Gasteiger partial charge in [0.2, 0.25) is 5.91 Å². The molecule has 33 heavy (non-hydrogen) atoms. The van der Waals surface area contributed by atoms with Crippen LogP contribution in [-0.2, 0) is 4.79 Å². The fourth-order valence-corrected chi connectivity index (χ4v) is 5.35. The summed E-state index contributed by atoms with van der Waals surface area (Å²) in [6.07, 6.45) is 0.895. The molecule has 0 N–H and O–H groups in total. The Bertz CT molecular complexity index is 1270. The Balaban J connectivity index is 1.34. The molecule has 1 aliphatic heterocycles. The van der Waals surface area contributed by atoms with E-state index in [0.717, 1.165) is 58.5 Å². The molecule has 2 aromatic carbocycles. The number of halogens is 1. The van der Waals surface area contributed by atoms with Gasteiger partial charge in [-0.05, 0) is 50.1 Å². The largest absolute Gasteiger partial charge is 0.346 e. The molecule has 6 nitrogen and oxygen atoms in total. The number of aromatic nitrogens is 3. The zero-order chi connectivity index (χ0) is 22.9. The third-order valence-corrected chi connectivity index (χ3v) is 7.41. The van der Waals surface area contributed by atoms with E-state index < -0.39 is 0 Å². The molecule has 0 radical (unpaired) electrons. The molecule has 1 atom stereocenters. The fraction of sp³-hybridized carbons (Fsp3) is 0.320. The van der Waals surface area contributed by atoms with Crippen LogP contribution in [-0.4, -0.2) is 51.8 Å². The summed E-state index contributed by atoms with van der Waals surface area (Å²) in [5.74, 6) is -0.247. The first-order valence-electron chi connectivity index (χ1n) is 11.2. The average Bonchev–Trinajstić information content (AvgIpc) is 3.30. The molecule has 3 heterocycles. The van der Waals surface area contributed by atoms with Crippen LogP contribution in [0.2, 0.25) is 0 Å². The average molecular weight is 464 g/mol. The van der Waals surface area contributed by atoms with Crippen molar-refractivity contribution in [2.75, 3.05) is 31.1 Å². The summed E-state index contributed by atoms with van der Waals surface area (Å²) in [5, 5.41) is 5.55. The van der Waals surface area contributed by atoms with Gasteiger partial charge in [0.15, 0.2) is 10.8 Å². The zero-order valence-corrected chi connectivity index (χ0v) is 19.6. The maximum Gasteiger partial charge on any atom is 0.229 e. The van der Waals surface area contributed by atoms with E-state index in [1.165, 1.54) is 12.1 Å². The molecule has 1 fully saturated rings. The first-order chi connectivity index (χ1) is 16.0. The summed E-state index contributed by atoms with van der Waals surface area (Å²) in [4.78, 5) is 22.3. The Labute approximate surface area is 196 Å². The molecule has 8 heteroatoms. The van der Waals surface area contributed by atoms with Crippen molar-refractivity contribution < 1.29 is 9.18 Å². The molecule has 1 saturated heterocycles. The standard InChI is InChI=1S/C25H26FN5OS/c1-17(19-7-4-3-5-8-19)24(32)29-13-6-14-30(16-15-29)25-27-23-22(33-25)18(2)28-31(23)21-11-9-20(26)10-12-21/h3-5,7-12,17H,6,13-16H2,1-2H3/t17-/m0/s1. The van der Waals surface area contributed by atoms with E-state index in [1.54, 1.807) is 28.2 Å². The predicted octanol–water partition coefficient (Wildman–Crippen LogP) is 4.77.